The lowest BCUT2D eigenvalue weighted by atomic mass is 9.97. The zero-order valence-electron chi connectivity index (χ0n) is 65.4. The predicted octanol–water partition coefficient (Wildman–Crippen LogP) is 19.8. The SMILES string of the molecule is Cc1cc(OCCCc2c(C(=O)NS(=O)(=O)c3ccccc3)[nH]c3c(-c4c(C)noc4C)cccc23)cc(C)c1Cl.Cc1cc(OCCCc2c(C(=O)NS(=O)(=O)c3ccccc3)[nH]c3c(-c4ccoc4)cccc23)cc(C)c1Cl.Cc1ccccc1-c1cccc2c(CCCOc3cc(C)c(Cl)c(C)c3)c(C(=O)NS(C)(=O)=O)[nH]c12. The van der Waals surface area contributed by atoms with Crippen LogP contribution in [0.2, 0.25) is 15.1 Å². The maximum Gasteiger partial charge on any atom is 0.281 e. The molecule has 0 aliphatic carbocycles. The molecule has 0 aliphatic rings. The zero-order valence-corrected chi connectivity index (χ0v) is 70.1. The van der Waals surface area contributed by atoms with E-state index in [1.165, 1.54) is 24.3 Å². The van der Waals surface area contributed by atoms with Gasteiger partial charge in [-0.2, -0.15) is 0 Å². The molecule has 600 valence electrons. The highest BCUT2D eigenvalue weighted by atomic mass is 35.5. The highest BCUT2D eigenvalue weighted by molar-refractivity contribution is 7.90. The molecule has 27 heteroatoms. The third kappa shape index (κ3) is 19.4. The van der Waals surface area contributed by atoms with Gasteiger partial charge in [0.25, 0.3) is 37.8 Å². The van der Waals surface area contributed by atoms with E-state index in [2.05, 4.69) is 34.3 Å². The van der Waals surface area contributed by atoms with Crippen molar-refractivity contribution in [2.24, 2.45) is 0 Å². The second-order valence-corrected chi connectivity index (χ2v) is 34.6. The number of aryl methyl sites for hydroxylation is 12. The zero-order chi connectivity index (χ0) is 82.9. The molecule has 3 amide bonds. The molecule has 21 nitrogen and oxygen atoms in total. The van der Waals surface area contributed by atoms with Gasteiger partial charge >= 0.3 is 0 Å². The number of furan rings is 1. The number of aromatic nitrogens is 4. The number of sulfonamides is 3. The molecule has 116 heavy (non-hydrogen) atoms. The number of hydrogen-bond acceptors (Lipinski definition) is 15. The van der Waals surface area contributed by atoms with Crippen molar-refractivity contribution in [2.45, 2.75) is 111 Å². The van der Waals surface area contributed by atoms with Crippen LogP contribution in [0.25, 0.3) is 66.1 Å². The molecular formula is C89H86Cl3N7O14S3. The predicted molar refractivity (Wildman–Crippen MR) is 456 cm³/mol. The number of fused-ring (bicyclic) bond motifs is 3. The molecule has 0 saturated carbocycles. The lowest BCUT2D eigenvalue weighted by Crippen LogP contribution is -2.31. The summed E-state index contributed by atoms with van der Waals surface area (Å²) in [7, 11) is -11.9. The molecule has 0 fully saturated rings. The van der Waals surface area contributed by atoms with Crippen LogP contribution in [0.3, 0.4) is 0 Å². The fraction of sp³-hybridized carbons (Fsp3) is 0.213. The van der Waals surface area contributed by atoms with Gasteiger partial charge in [0.15, 0.2) is 0 Å². The van der Waals surface area contributed by atoms with E-state index in [9.17, 15) is 39.6 Å². The summed E-state index contributed by atoms with van der Waals surface area (Å²) in [6.07, 6.45) is 7.44. The van der Waals surface area contributed by atoms with Gasteiger partial charge in [-0.25, -0.2) is 39.4 Å². The van der Waals surface area contributed by atoms with Crippen LogP contribution in [0.5, 0.6) is 17.2 Å². The highest BCUT2D eigenvalue weighted by Gasteiger charge is 2.29. The van der Waals surface area contributed by atoms with Crippen molar-refractivity contribution >= 4 is 115 Å². The van der Waals surface area contributed by atoms with Crippen molar-refractivity contribution in [3.05, 3.63) is 294 Å². The average Bonchev–Trinajstić information content (AvgIpc) is 1.62. The second kappa shape index (κ2) is 36.2. The lowest BCUT2D eigenvalue weighted by Gasteiger charge is -2.11. The monoisotopic (exact) mass is 1680 g/mol. The van der Waals surface area contributed by atoms with E-state index < -0.39 is 47.8 Å². The number of carbonyl (C=O) groups is 3. The molecule has 0 radical (unpaired) electrons. The first-order chi connectivity index (χ1) is 55.4. The van der Waals surface area contributed by atoms with Crippen LogP contribution in [0.1, 0.15) is 118 Å². The number of amides is 3. The Hall–Kier alpha value is -11.4. The van der Waals surface area contributed by atoms with Gasteiger partial charge in [-0.05, 0) is 229 Å². The first kappa shape index (κ1) is 84.0. The van der Waals surface area contributed by atoms with E-state index >= 15 is 0 Å². The van der Waals surface area contributed by atoms with E-state index in [-0.39, 0.29) is 26.9 Å². The molecule has 0 unspecified atom stereocenters. The third-order valence-electron chi connectivity index (χ3n) is 19.7. The van der Waals surface area contributed by atoms with Crippen LogP contribution in [-0.4, -0.2) is 89.2 Å². The summed E-state index contributed by atoms with van der Waals surface area (Å²) < 4.78 is 111. The van der Waals surface area contributed by atoms with E-state index in [1.54, 1.807) is 48.9 Å². The van der Waals surface area contributed by atoms with Crippen LogP contribution in [0.4, 0.5) is 0 Å². The number of para-hydroxylation sites is 3. The Morgan fingerprint density at radius 3 is 1.14 bits per heavy atom. The van der Waals surface area contributed by atoms with Crippen LogP contribution < -0.4 is 28.4 Å². The Labute approximate surface area is 688 Å². The molecule has 0 spiro atoms. The van der Waals surface area contributed by atoms with Crippen molar-refractivity contribution in [1.82, 2.24) is 34.3 Å². The van der Waals surface area contributed by atoms with Gasteiger partial charge < -0.3 is 38.1 Å². The normalized spacial score (nSPS) is 11.6. The van der Waals surface area contributed by atoms with Crippen molar-refractivity contribution < 1.29 is 62.8 Å². The van der Waals surface area contributed by atoms with E-state index in [0.717, 1.165) is 139 Å². The fourth-order valence-corrected chi connectivity index (χ4v) is 16.9. The Morgan fingerprint density at radius 2 is 0.767 bits per heavy atom. The third-order valence-corrected chi connectivity index (χ3v) is 24.7. The number of ether oxygens (including phenoxy) is 3. The minimum absolute atomic E-state index is 0.00405. The van der Waals surface area contributed by atoms with E-state index in [0.29, 0.717) is 91.5 Å². The largest absolute Gasteiger partial charge is 0.494 e. The Kier molecular flexibility index (Phi) is 26.2. The molecule has 6 N–H and O–H groups in total. The second-order valence-electron chi connectivity index (χ2n) is 28.3. The van der Waals surface area contributed by atoms with E-state index in [1.807, 2.05) is 184 Å². The van der Waals surface area contributed by atoms with Gasteiger partial charge in [0.1, 0.15) is 40.1 Å². The molecule has 0 aliphatic heterocycles. The molecule has 9 aromatic carbocycles. The van der Waals surface area contributed by atoms with Crippen LogP contribution in [-0.2, 0) is 49.3 Å². The summed E-state index contributed by atoms with van der Waals surface area (Å²) >= 11 is 18.8. The number of nitrogens with zero attached hydrogens (tertiary/aromatic N) is 1. The quantitative estimate of drug-likeness (QED) is 0.0275. The van der Waals surface area contributed by atoms with Crippen LogP contribution >= 0.6 is 34.8 Å². The Morgan fingerprint density at radius 1 is 0.414 bits per heavy atom. The number of rotatable bonds is 26. The van der Waals surface area contributed by atoms with Crippen LogP contribution in [0.15, 0.2) is 213 Å². The topological polar surface area (TPSA) is 304 Å². The molecule has 14 aromatic rings. The van der Waals surface area contributed by atoms with E-state index in [4.69, 9.17) is 58.0 Å². The summed E-state index contributed by atoms with van der Waals surface area (Å²) in [5.74, 6) is 0.682. The number of benzene rings is 9. The molecule has 14 rings (SSSR count). The molecule has 0 saturated heterocycles. The Bertz CT molecular complexity index is 6290. The minimum Gasteiger partial charge on any atom is -0.494 e. The first-order valence-electron chi connectivity index (χ1n) is 37.2. The van der Waals surface area contributed by atoms with Gasteiger partial charge in [-0.15, -0.1) is 0 Å². The smallest absolute Gasteiger partial charge is 0.281 e. The number of hydrogen-bond donors (Lipinski definition) is 6. The number of H-pyrrole nitrogens is 3. The van der Waals surface area contributed by atoms with Crippen molar-refractivity contribution in [2.75, 3.05) is 26.1 Å². The van der Waals surface area contributed by atoms with Crippen molar-refractivity contribution in [3.8, 4) is 50.6 Å². The fourth-order valence-electron chi connectivity index (χ4n) is 14.2. The number of carbonyl (C=O) groups excluding carboxylic acids is 3. The summed E-state index contributed by atoms with van der Waals surface area (Å²) in [5.41, 5.74) is 17.8. The van der Waals surface area contributed by atoms with Gasteiger partial charge in [0, 0.05) is 59.0 Å². The molecule has 0 bridgehead atoms. The molecular weight excluding hydrogens is 1590 g/mol. The van der Waals surface area contributed by atoms with Crippen LogP contribution in [0, 0.1) is 62.3 Å². The minimum atomic E-state index is -4.08. The van der Waals surface area contributed by atoms with Gasteiger partial charge in [-0.3, -0.25) is 14.4 Å². The molecule has 0 atom stereocenters. The average molecular weight is 1680 g/mol. The molecule has 5 aromatic heterocycles. The highest BCUT2D eigenvalue weighted by Crippen LogP contribution is 2.39. The van der Waals surface area contributed by atoms with Crippen molar-refractivity contribution in [3.63, 3.8) is 0 Å². The number of nitrogens with one attached hydrogen (secondary N) is 6. The summed E-state index contributed by atoms with van der Waals surface area (Å²) in [6.45, 7) is 18.5. The first-order valence-corrected chi connectivity index (χ1v) is 43.2. The lowest BCUT2D eigenvalue weighted by molar-refractivity contribution is 0.0967. The number of halogens is 3. The maximum absolute atomic E-state index is 13.5. The number of aromatic amines is 3. The molecule has 5 heterocycles. The van der Waals surface area contributed by atoms with Gasteiger partial charge in [0.05, 0.1) is 70.6 Å². The van der Waals surface area contributed by atoms with Gasteiger partial charge in [-0.1, -0.05) is 155 Å². The summed E-state index contributed by atoms with van der Waals surface area (Å²) in [6, 6.07) is 54.2. The van der Waals surface area contributed by atoms with Gasteiger partial charge in [0.2, 0.25) is 10.0 Å². The van der Waals surface area contributed by atoms with Crippen molar-refractivity contribution in [1.29, 1.82) is 0 Å². The standard InChI is InChI=1S/C31H30ClN3O5S.C30H27ClN2O5S.C28H29ClN2O4S/c1-18-16-22(17-19(2)28(18)32)39-15-9-14-25-24-12-8-13-26(27-20(3)34-40-21(27)4)29(24)33-30(25)31(36)35-41(37,38)23-10-6-5-7-11-23;1-19-16-22(17-20(2)27(19)31)38-14-7-12-26-25-11-6-10-24(21-13-15-37-18-21)28(25)32-29(26)30(34)33-39(35,36)23-8-4-3-5-9-23;1-17-9-5-6-10-21(17)22-11-7-12-23-24(27(30-26(22)23)28(32)31-36(4,33)34)13-8-14-35-20-15-18(2)25(29)19(3)16-20/h5-8,10-13,16-17,33H,9,14-15H2,1-4H3,(H,35,36);3-6,8-11,13,15-18,32H,7,12,14H2,1-2H3,(H,33,34);5-7,9-12,15-16,30H,8,13-14H2,1-4H3,(H,31,32). The summed E-state index contributed by atoms with van der Waals surface area (Å²) in [4.78, 5) is 49.6. The maximum atomic E-state index is 13.5. The Balaban J connectivity index is 0.000000161. The summed E-state index contributed by atoms with van der Waals surface area (Å²) in [5, 5.41) is 8.76.